The Labute approximate surface area is 365 Å². The van der Waals surface area contributed by atoms with Crippen LogP contribution in [-0.4, -0.2) is 147 Å². The first-order chi connectivity index (χ1) is 29.3. The van der Waals surface area contributed by atoms with Crippen LogP contribution in [0.3, 0.4) is 0 Å². The maximum absolute atomic E-state index is 14.4. The predicted octanol–water partition coefficient (Wildman–Crippen LogP) is 5.34. The fourth-order valence-corrected chi connectivity index (χ4v) is 7.89. The SMILES string of the molecule is CCCCOC(=O)N1CCN(C(=O)[C@H](CCP(=O)(OCCOC(=O)C(C)(C)C)OCCOC(=O)C(C)(C)C)NC(=O)c2cc(N3CC[C@H](OC)C3)nc(-c3ccccc3)n2)CC1. The number of anilines is 1. The average molecular weight is 889 g/mol. The highest BCUT2D eigenvalue weighted by atomic mass is 31.2. The number of nitrogens with zero attached hydrogens (tertiary/aromatic N) is 5. The minimum Gasteiger partial charge on any atom is -0.463 e. The van der Waals surface area contributed by atoms with Crippen molar-refractivity contribution in [2.45, 2.75) is 86.3 Å². The molecule has 0 spiro atoms. The number of ether oxygens (including phenoxy) is 4. The summed E-state index contributed by atoms with van der Waals surface area (Å²) in [6.45, 7) is 13.3. The minimum atomic E-state index is -4.10. The topological polar surface area (TPSA) is 205 Å². The first kappa shape index (κ1) is 50.0. The standard InChI is InChI=1S/C43H65N6O12P/c1-9-10-23-59-41(54)48-21-19-47(20-22-48)38(51)33(17-28-62(55,60-26-24-57-39(52)42(2,3)4)61-27-25-58-40(53)43(5,6)7)45-37(50)34-29-35(49-18-16-32(30-49)56-8)46-36(44-34)31-14-12-11-13-15-31/h11-15,29,32-33H,9-10,16-28,30H2,1-8H3,(H,45,50)/t32-,33-/m0/s1. The number of hydrogen-bond donors (Lipinski definition) is 1. The summed E-state index contributed by atoms with van der Waals surface area (Å²) < 4.78 is 47.4. The summed E-state index contributed by atoms with van der Waals surface area (Å²) in [7, 11) is -2.45. The van der Waals surface area contributed by atoms with Gasteiger partial charge >= 0.3 is 25.6 Å². The largest absolute Gasteiger partial charge is 0.463 e. The molecule has 344 valence electrons. The molecule has 1 N–H and O–H groups in total. The van der Waals surface area contributed by atoms with E-state index in [0.29, 0.717) is 36.9 Å². The van der Waals surface area contributed by atoms with Crippen molar-refractivity contribution in [2.75, 3.05) is 90.5 Å². The van der Waals surface area contributed by atoms with Gasteiger partial charge in [0.2, 0.25) is 5.91 Å². The molecule has 62 heavy (non-hydrogen) atoms. The number of esters is 2. The van der Waals surface area contributed by atoms with Gasteiger partial charge in [0, 0.05) is 58.0 Å². The summed E-state index contributed by atoms with van der Waals surface area (Å²) in [6.07, 6.45) is 1.33. The number of benzene rings is 1. The molecular formula is C43H65N6O12P. The van der Waals surface area contributed by atoms with Crippen molar-refractivity contribution in [3.63, 3.8) is 0 Å². The zero-order valence-electron chi connectivity index (χ0n) is 37.5. The number of nitrogens with one attached hydrogen (secondary N) is 1. The highest BCUT2D eigenvalue weighted by molar-refractivity contribution is 7.53. The van der Waals surface area contributed by atoms with Gasteiger partial charge in [-0.3, -0.25) is 23.7 Å². The molecule has 2 aliphatic heterocycles. The molecule has 2 saturated heterocycles. The Morgan fingerprint density at radius 1 is 0.806 bits per heavy atom. The normalized spacial score (nSPS) is 16.5. The van der Waals surface area contributed by atoms with E-state index < -0.39 is 54.3 Å². The van der Waals surface area contributed by atoms with Crippen molar-refractivity contribution in [2.24, 2.45) is 10.8 Å². The first-order valence-corrected chi connectivity index (χ1v) is 23.0. The Balaban J connectivity index is 1.59. The van der Waals surface area contributed by atoms with Crippen LogP contribution in [0.4, 0.5) is 10.6 Å². The van der Waals surface area contributed by atoms with Gasteiger partial charge in [0.1, 0.15) is 30.8 Å². The third-order valence-corrected chi connectivity index (χ3v) is 12.0. The fourth-order valence-electron chi connectivity index (χ4n) is 6.28. The van der Waals surface area contributed by atoms with Gasteiger partial charge in [-0.15, -0.1) is 0 Å². The number of piperazine rings is 1. The van der Waals surface area contributed by atoms with E-state index in [9.17, 15) is 28.5 Å². The number of carbonyl (C=O) groups excluding carboxylic acids is 5. The second-order valence-electron chi connectivity index (χ2n) is 17.3. The average Bonchev–Trinajstić information content (AvgIpc) is 3.74. The van der Waals surface area contributed by atoms with Gasteiger partial charge < -0.3 is 48.0 Å². The maximum Gasteiger partial charge on any atom is 0.409 e. The zero-order valence-corrected chi connectivity index (χ0v) is 38.4. The summed E-state index contributed by atoms with van der Waals surface area (Å²) in [5, 5.41) is 2.85. The van der Waals surface area contributed by atoms with Crippen LogP contribution in [-0.2, 0) is 46.9 Å². The lowest BCUT2D eigenvalue weighted by atomic mass is 9.97. The molecule has 4 rings (SSSR count). The van der Waals surface area contributed by atoms with E-state index in [1.165, 1.54) is 9.80 Å². The van der Waals surface area contributed by atoms with Gasteiger partial charge in [-0.25, -0.2) is 14.8 Å². The number of amides is 3. The molecule has 1 aromatic heterocycles. The van der Waals surface area contributed by atoms with Crippen LogP contribution < -0.4 is 10.2 Å². The van der Waals surface area contributed by atoms with Crippen LogP contribution >= 0.6 is 7.60 Å². The van der Waals surface area contributed by atoms with Crippen molar-refractivity contribution < 1.29 is 56.5 Å². The van der Waals surface area contributed by atoms with E-state index in [2.05, 4.69) is 10.3 Å². The van der Waals surface area contributed by atoms with Crippen molar-refractivity contribution in [1.82, 2.24) is 25.1 Å². The third-order valence-electron chi connectivity index (χ3n) is 10.1. The first-order valence-electron chi connectivity index (χ1n) is 21.3. The zero-order chi connectivity index (χ0) is 45.5. The van der Waals surface area contributed by atoms with Gasteiger partial charge in [0.25, 0.3) is 5.91 Å². The number of aromatic nitrogens is 2. The molecule has 19 heteroatoms. The predicted molar refractivity (Wildman–Crippen MR) is 231 cm³/mol. The van der Waals surface area contributed by atoms with Gasteiger partial charge in [-0.1, -0.05) is 43.7 Å². The number of methoxy groups -OCH3 is 1. The van der Waals surface area contributed by atoms with Gasteiger partial charge in [-0.2, -0.15) is 0 Å². The molecule has 18 nitrogen and oxygen atoms in total. The number of hydrogen-bond acceptors (Lipinski definition) is 15. The number of carbonyl (C=O) groups is 5. The number of unbranched alkanes of at least 4 members (excludes halogenated alkanes) is 1. The molecule has 0 radical (unpaired) electrons. The van der Waals surface area contributed by atoms with E-state index >= 15 is 0 Å². The highest BCUT2D eigenvalue weighted by Gasteiger charge is 2.35. The van der Waals surface area contributed by atoms with Crippen molar-refractivity contribution >= 4 is 43.3 Å². The van der Waals surface area contributed by atoms with Crippen LogP contribution in [0.15, 0.2) is 36.4 Å². The van der Waals surface area contributed by atoms with Crippen LogP contribution in [0.1, 0.15) is 84.6 Å². The summed E-state index contributed by atoms with van der Waals surface area (Å²) in [4.78, 5) is 80.6. The van der Waals surface area contributed by atoms with Crippen molar-refractivity contribution in [3.05, 3.63) is 42.1 Å². The van der Waals surface area contributed by atoms with Crippen molar-refractivity contribution in [3.8, 4) is 11.4 Å². The molecule has 3 amide bonds. The van der Waals surface area contributed by atoms with Gasteiger partial charge in [-0.05, 0) is 60.8 Å². The molecule has 0 unspecified atom stereocenters. The molecule has 2 aromatic rings. The lowest BCUT2D eigenvalue weighted by Gasteiger charge is -2.36. The molecule has 2 atom stereocenters. The Morgan fingerprint density at radius 3 is 1.95 bits per heavy atom. The Morgan fingerprint density at radius 2 is 1.40 bits per heavy atom. The number of rotatable bonds is 20. The van der Waals surface area contributed by atoms with Crippen LogP contribution in [0, 0.1) is 10.8 Å². The smallest absolute Gasteiger partial charge is 0.409 e. The van der Waals surface area contributed by atoms with Crippen LogP contribution in [0.5, 0.6) is 0 Å². The van der Waals surface area contributed by atoms with Gasteiger partial charge in [0.15, 0.2) is 5.82 Å². The summed E-state index contributed by atoms with van der Waals surface area (Å²) in [5.74, 6) is -1.31. The van der Waals surface area contributed by atoms with E-state index in [1.807, 2.05) is 42.2 Å². The monoisotopic (exact) mass is 888 g/mol. The Hall–Kier alpha value is -4.64. The Kier molecular flexibility index (Phi) is 18.7. The molecule has 0 bridgehead atoms. The van der Waals surface area contributed by atoms with Gasteiger partial charge in [0.05, 0.1) is 42.9 Å². The third kappa shape index (κ3) is 15.3. The molecule has 1 aromatic carbocycles. The second-order valence-corrected chi connectivity index (χ2v) is 19.4. The van der Waals surface area contributed by atoms with E-state index in [0.717, 1.165) is 19.3 Å². The van der Waals surface area contributed by atoms with E-state index in [1.54, 1.807) is 54.7 Å². The molecule has 2 fully saturated rings. The summed E-state index contributed by atoms with van der Waals surface area (Å²) in [6, 6.07) is 9.52. The molecule has 3 heterocycles. The van der Waals surface area contributed by atoms with Crippen molar-refractivity contribution in [1.29, 1.82) is 0 Å². The molecule has 0 saturated carbocycles. The minimum absolute atomic E-state index is 0.00387. The lowest BCUT2D eigenvalue weighted by Crippen LogP contribution is -2.56. The summed E-state index contributed by atoms with van der Waals surface area (Å²) >= 11 is 0. The quantitative estimate of drug-likeness (QED) is 0.0771. The summed E-state index contributed by atoms with van der Waals surface area (Å²) in [5.41, 5.74) is -0.876. The maximum atomic E-state index is 14.4. The van der Waals surface area contributed by atoms with E-state index in [-0.39, 0.29) is 77.0 Å². The van der Waals surface area contributed by atoms with Crippen LogP contribution in [0.2, 0.25) is 0 Å². The molecule has 0 aliphatic carbocycles. The molecular weight excluding hydrogens is 823 g/mol. The van der Waals surface area contributed by atoms with E-state index in [4.69, 9.17) is 33.0 Å². The fraction of sp³-hybridized carbons (Fsp3) is 0.651. The highest BCUT2D eigenvalue weighted by Crippen LogP contribution is 2.49. The van der Waals surface area contributed by atoms with Crippen LogP contribution in [0.25, 0.3) is 11.4 Å². The second kappa shape index (κ2) is 23.2. The lowest BCUT2D eigenvalue weighted by molar-refractivity contribution is -0.154. The Bertz CT molecular complexity index is 1820. The molecule has 2 aliphatic rings.